The Morgan fingerprint density at radius 3 is 2.75 bits per heavy atom. The van der Waals surface area contributed by atoms with Crippen molar-refractivity contribution in [2.24, 2.45) is 0 Å². The van der Waals surface area contributed by atoms with Crippen LogP contribution in [0.25, 0.3) is 0 Å². The lowest BCUT2D eigenvalue weighted by Crippen LogP contribution is -2.54. The molecule has 0 radical (unpaired) electrons. The zero-order chi connectivity index (χ0) is 11.8. The first-order valence-electron chi connectivity index (χ1n) is 5.12. The summed E-state index contributed by atoms with van der Waals surface area (Å²) >= 11 is 0. The summed E-state index contributed by atoms with van der Waals surface area (Å²) in [5.74, 6) is -1.46. The number of rotatable bonds is 3. The number of carboxylic acid groups (broad SMARTS) is 1. The van der Waals surface area contributed by atoms with Gasteiger partial charge < -0.3 is 9.52 Å². The molecule has 1 N–H and O–H groups in total. The summed E-state index contributed by atoms with van der Waals surface area (Å²) in [5, 5.41) is 9.30. The van der Waals surface area contributed by atoms with Gasteiger partial charge in [0.25, 0.3) is 0 Å². The van der Waals surface area contributed by atoms with Gasteiger partial charge in [0.15, 0.2) is 11.3 Å². The molecule has 0 spiro atoms. The minimum atomic E-state index is -1.45. The van der Waals surface area contributed by atoms with Crippen LogP contribution in [0, 0.1) is 0 Å². The van der Waals surface area contributed by atoms with E-state index in [0.717, 1.165) is 0 Å². The Balaban J connectivity index is 2.41. The molecule has 2 heterocycles. The number of Topliss-reactive ketones (excluding diaryl/α,β-unsaturated/α-hetero) is 1. The van der Waals surface area contributed by atoms with Crippen LogP contribution in [0.3, 0.4) is 0 Å². The molecule has 1 saturated heterocycles. The van der Waals surface area contributed by atoms with E-state index in [-0.39, 0.29) is 5.76 Å². The number of likely N-dealkylation sites (N-methyl/N-ethyl adjacent to an activating group) is 1. The van der Waals surface area contributed by atoms with Crippen LogP contribution in [0.4, 0.5) is 0 Å². The van der Waals surface area contributed by atoms with Crippen LogP contribution in [0.15, 0.2) is 22.8 Å². The lowest BCUT2D eigenvalue weighted by atomic mass is 9.89. The summed E-state index contributed by atoms with van der Waals surface area (Å²) in [4.78, 5) is 25.1. The number of hydrogen-bond acceptors (Lipinski definition) is 4. The molecule has 1 aliphatic rings. The number of furan rings is 1. The highest BCUT2D eigenvalue weighted by molar-refractivity contribution is 6.15. The molecular weight excluding hydrogens is 210 g/mol. The minimum Gasteiger partial charge on any atom is -0.480 e. The van der Waals surface area contributed by atoms with Gasteiger partial charge >= 0.3 is 5.97 Å². The molecule has 0 aliphatic carbocycles. The van der Waals surface area contributed by atoms with Crippen molar-refractivity contribution >= 4 is 11.8 Å². The number of likely N-dealkylation sites (tertiary alicyclic amines) is 1. The molecule has 5 heteroatoms. The van der Waals surface area contributed by atoms with Gasteiger partial charge in [-0.25, -0.2) is 4.79 Å². The van der Waals surface area contributed by atoms with Gasteiger partial charge in [0.1, 0.15) is 0 Å². The molecule has 0 bridgehead atoms. The smallest absolute Gasteiger partial charge is 0.332 e. The van der Waals surface area contributed by atoms with Gasteiger partial charge in [-0.3, -0.25) is 9.69 Å². The van der Waals surface area contributed by atoms with Crippen LogP contribution in [-0.2, 0) is 4.79 Å². The Hall–Kier alpha value is -1.62. The fourth-order valence-electron chi connectivity index (χ4n) is 2.22. The van der Waals surface area contributed by atoms with E-state index in [4.69, 9.17) is 4.42 Å². The monoisotopic (exact) mass is 223 g/mol. The first-order valence-corrected chi connectivity index (χ1v) is 5.12. The highest BCUT2D eigenvalue weighted by atomic mass is 16.4. The maximum absolute atomic E-state index is 12.2. The Labute approximate surface area is 92.7 Å². The second-order valence-electron chi connectivity index (χ2n) is 4.00. The minimum absolute atomic E-state index is 0.108. The molecule has 2 rings (SSSR count). The molecule has 1 aliphatic heterocycles. The summed E-state index contributed by atoms with van der Waals surface area (Å²) in [6, 6.07) is 3.08. The van der Waals surface area contributed by atoms with Crippen molar-refractivity contribution in [2.75, 3.05) is 13.6 Å². The van der Waals surface area contributed by atoms with Crippen molar-refractivity contribution < 1.29 is 19.1 Å². The predicted molar refractivity (Wildman–Crippen MR) is 55.3 cm³/mol. The number of carbonyl (C=O) groups is 2. The van der Waals surface area contributed by atoms with E-state index in [9.17, 15) is 14.7 Å². The molecule has 1 unspecified atom stereocenters. The molecule has 0 saturated carbocycles. The van der Waals surface area contributed by atoms with Gasteiger partial charge in [-0.05, 0) is 38.6 Å². The molecule has 0 aromatic carbocycles. The molecule has 1 aromatic rings. The Morgan fingerprint density at radius 1 is 1.56 bits per heavy atom. The molecule has 1 atom stereocenters. The second-order valence-corrected chi connectivity index (χ2v) is 4.00. The second kappa shape index (κ2) is 3.75. The van der Waals surface area contributed by atoms with Gasteiger partial charge in [-0.1, -0.05) is 0 Å². The number of carboxylic acids is 1. The van der Waals surface area contributed by atoms with Crippen LogP contribution in [0.2, 0.25) is 0 Å². The Morgan fingerprint density at radius 2 is 2.31 bits per heavy atom. The Bertz CT molecular complexity index is 412. The maximum atomic E-state index is 12.2. The Kier molecular flexibility index (Phi) is 2.55. The lowest BCUT2D eigenvalue weighted by molar-refractivity contribution is -0.145. The summed E-state index contributed by atoms with van der Waals surface area (Å²) in [5.41, 5.74) is -1.45. The van der Waals surface area contributed by atoms with Crippen LogP contribution < -0.4 is 0 Å². The summed E-state index contributed by atoms with van der Waals surface area (Å²) in [6.07, 6.45) is 2.41. The standard InChI is InChI=1S/C11H13NO4/c1-12-6-3-5-11(12,10(14)15)9(13)8-4-2-7-16-8/h2,4,7H,3,5-6H2,1H3,(H,14,15). The number of nitrogens with zero attached hydrogens (tertiary/aromatic N) is 1. The van der Waals surface area contributed by atoms with Gasteiger partial charge in [0.2, 0.25) is 5.78 Å². The van der Waals surface area contributed by atoms with E-state index >= 15 is 0 Å². The average molecular weight is 223 g/mol. The fraction of sp³-hybridized carbons (Fsp3) is 0.455. The van der Waals surface area contributed by atoms with Crippen LogP contribution in [-0.4, -0.2) is 40.9 Å². The number of ketones is 1. The van der Waals surface area contributed by atoms with E-state index in [1.807, 2.05) is 0 Å². The molecule has 0 amide bonds. The van der Waals surface area contributed by atoms with E-state index < -0.39 is 17.3 Å². The van der Waals surface area contributed by atoms with Crippen molar-refractivity contribution in [1.29, 1.82) is 0 Å². The number of hydrogen-bond donors (Lipinski definition) is 1. The third-order valence-electron chi connectivity index (χ3n) is 3.16. The van der Waals surface area contributed by atoms with Gasteiger partial charge in [-0.15, -0.1) is 0 Å². The highest BCUT2D eigenvalue weighted by Gasteiger charge is 2.53. The third-order valence-corrected chi connectivity index (χ3v) is 3.16. The zero-order valence-corrected chi connectivity index (χ0v) is 8.97. The van der Waals surface area contributed by atoms with Crippen molar-refractivity contribution in [3.05, 3.63) is 24.2 Å². The summed E-state index contributed by atoms with van der Waals surface area (Å²) in [7, 11) is 1.65. The van der Waals surface area contributed by atoms with E-state index in [0.29, 0.717) is 19.4 Å². The first-order chi connectivity index (χ1) is 7.59. The van der Waals surface area contributed by atoms with Gasteiger partial charge in [-0.2, -0.15) is 0 Å². The topological polar surface area (TPSA) is 70.8 Å². The van der Waals surface area contributed by atoms with Crippen molar-refractivity contribution in [2.45, 2.75) is 18.4 Å². The largest absolute Gasteiger partial charge is 0.480 e. The lowest BCUT2D eigenvalue weighted by Gasteiger charge is -2.29. The SMILES string of the molecule is CN1CCCC1(C(=O)O)C(=O)c1ccco1. The van der Waals surface area contributed by atoms with Crippen molar-refractivity contribution in [1.82, 2.24) is 4.90 Å². The predicted octanol–water partition coefficient (Wildman–Crippen LogP) is 1.01. The zero-order valence-electron chi connectivity index (χ0n) is 8.97. The molecule has 1 fully saturated rings. The molecule has 5 nitrogen and oxygen atoms in total. The third kappa shape index (κ3) is 1.36. The number of aliphatic carboxylic acids is 1. The van der Waals surface area contributed by atoms with E-state index in [1.165, 1.54) is 12.3 Å². The van der Waals surface area contributed by atoms with E-state index in [1.54, 1.807) is 18.0 Å². The quantitative estimate of drug-likeness (QED) is 0.611. The average Bonchev–Trinajstić information content (AvgIpc) is 2.85. The summed E-state index contributed by atoms with van der Waals surface area (Å²) in [6.45, 7) is 0.610. The van der Waals surface area contributed by atoms with Gasteiger partial charge in [0, 0.05) is 0 Å². The molecule has 86 valence electrons. The maximum Gasteiger partial charge on any atom is 0.332 e. The molecule has 16 heavy (non-hydrogen) atoms. The molecule has 1 aromatic heterocycles. The fourth-order valence-corrected chi connectivity index (χ4v) is 2.22. The van der Waals surface area contributed by atoms with Crippen molar-refractivity contribution in [3.63, 3.8) is 0 Å². The van der Waals surface area contributed by atoms with E-state index in [2.05, 4.69) is 0 Å². The van der Waals surface area contributed by atoms with Crippen LogP contribution in [0.5, 0.6) is 0 Å². The van der Waals surface area contributed by atoms with Crippen molar-refractivity contribution in [3.8, 4) is 0 Å². The van der Waals surface area contributed by atoms with Crippen LogP contribution in [0.1, 0.15) is 23.4 Å². The van der Waals surface area contributed by atoms with Gasteiger partial charge in [0.05, 0.1) is 6.26 Å². The normalized spacial score (nSPS) is 25.8. The number of carbonyl (C=O) groups excluding carboxylic acids is 1. The molecular formula is C11H13NO4. The highest BCUT2D eigenvalue weighted by Crippen LogP contribution is 2.31. The van der Waals surface area contributed by atoms with Crippen LogP contribution >= 0.6 is 0 Å². The first kappa shape index (κ1) is 10.9. The summed E-state index contributed by atoms with van der Waals surface area (Å²) < 4.78 is 4.99.